The first kappa shape index (κ1) is 12.9. The van der Waals surface area contributed by atoms with E-state index in [1.807, 2.05) is 0 Å². The molecule has 1 fully saturated rings. The Labute approximate surface area is 94.8 Å². The van der Waals surface area contributed by atoms with E-state index in [9.17, 15) is 0 Å². The lowest BCUT2D eigenvalue weighted by Gasteiger charge is -2.43. The quantitative estimate of drug-likeness (QED) is 0.747. The van der Waals surface area contributed by atoms with E-state index in [1.165, 1.54) is 19.6 Å². The van der Waals surface area contributed by atoms with Crippen molar-refractivity contribution in [2.45, 2.75) is 32.9 Å². The molecule has 0 radical (unpaired) electrons. The maximum atomic E-state index is 3.63. The molecule has 0 aromatic rings. The van der Waals surface area contributed by atoms with Gasteiger partial charge in [-0.25, -0.2) is 0 Å². The van der Waals surface area contributed by atoms with Crippen molar-refractivity contribution in [3.05, 3.63) is 0 Å². The van der Waals surface area contributed by atoms with Crippen LogP contribution in [0.1, 0.15) is 20.8 Å². The Bertz CT molecular complexity index is 182. The lowest BCUT2D eigenvalue weighted by Crippen LogP contribution is -2.60. The van der Waals surface area contributed by atoms with Crippen molar-refractivity contribution >= 4 is 0 Å². The Hall–Kier alpha value is -0.120. The van der Waals surface area contributed by atoms with Crippen LogP contribution in [-0.4, -0.2) is 62.2 Å². The van der Waals surface area contributed by atoms with Gasteiger partial charge in [0.1, 0.15) is 0 Å². The molecule has 0 aromatic heterocycles. The third kappa shape index (κ3) is 3.44. The SMILES string of the molecule is CCNC(C(C)C)C1CN(C)CCN1C. The highest BCUT2D eigenvalue weighted by atomic mass is 15.3. The van der Waals surface area contributed by atoms with Gasteiger partial charge in [-0.1, -0.05) is 20.8 Å². The van der Waals surface area contributed by atoms with Gasteiger partial charge in [0.2, 0.25) is 0 Å². The largest absolute Gasteiger partial charge is 0.312 e. The van der Waals surface area contributed by atoms with E-state index in [2.05, 4.69) is 50.0 Å². The highest BCUT2D eigenvalue weighted by Crippen LogP contribution is 2.15. The van der Waals surface area contributed by atoms with Gasteiger partial charge < -0.3 is 10.2 Å². The zero-order valence-corrected chi connectivity index (χ0v) is 11.0. The molecular formula is C12H27N3. The van der Waals surface area contributed by atoms with E-state index in [0.717, 1.165) is 6.54 Å². The molecule has 0 aliphatic carbocycles. The van der Waals surface area contributed by atoms with Crippen LogP contribution in [0.15, 0.2) is 0 Å². The van der Waals surface area contributed by atoms with Crippen molar-refractivity contribution in [2.75, 3.05) is 40.3 Å². The molecule has 0 aromatic carbocycles. The van der Waals surface area contributed by atoms with Crippen LogP contribution in [0.4, 0.5) is 0 Å². The summed E-state index contributed by atoms with van der Waals surface area (Å²) in [7, 11) is 4.48. The summed E-state index contributed by atoms with van der Waals surface area (Å²) in [5.41, 5.74) is 0. The fourth-order valence-electron chi connectivity index (χ4n) is 2.48. The van der Waals surface area contributed by atoms with Gasteiger partial charge in [0.25, 0.3) is 0 Å². The number of nitrogens with zero attached hydrogens (tertiary/aromatic N) is 2. The zero-order chi connectivity index (χ0) is 11.4. The van der Waals surface area contributed by atoms with Crippen LogP contribution in [0.3, 0.4) is 0 Å². The molecule has 3 nitrogen and oxygen atoms in total. The van der Waals surface area contributed by atoms with Crippen LogP contribution in [-0.2, 0) is 0 Å². The third-order valence-electron chi connectivity index (χ3n) is 3.47. The maximum absolute atomic E-state index is 3.63. The van der Waals surface area contributed by atoms with Crippen LogP contribution in [0.2, 0.25) is 0 Å². The summed E-state index contributed by atoms with van der Waals surface area (Å²) in [4.78, 5) is 4.95. The summed E-state index contributed by atoms with van der Waals surface area (Å²) in [5, 5.41) is 3.63. The molecule has 0 spiro atoms. The van der Waals surface area contributed by atoms with Crippen LogP contribution < -0.4 is 5.32 Å². The molecule has 2 unspecified atom stereocenters. The summed E-state index contributed by atoms with van der Waals surface area (Å²) in [6.07, 6.45) is 0. The molecule has 1 saturated heterocycles. The first-order chi connectivity index (χ1) is 7.06. The van der Waals surface area contributed by atoms with Gasteiger partial charge in [-0.05, 0) is 26.6 Å². The number of piperazine rings is 1. The lowest BCUT2D eigenvalue weighted by molar-refractivity contribution is 0.0752. The molecule has 1 aliphatic rings. The number of rotatable bonds is 4. The normalized spacial score (nSPS) is 27.2. The first-order valence-corrected chi connectivity index (χ1v) is 6.18. The molecule has 15 heavy (non-hydrogen) atoms. The van der Waals surface area contributed by atoms with Gasteiger partial charge in [-0.15, -0.1) is 0 Å². The van der Waals surface area contributed by atoms with E-state index in [-0.39, 0.29) is 0 Å². The van der Waals surface area contributed by atoms with E-state index < -0.39 is 0 Å². The van der Waals surface area contributed by atoms with E-state index in [1.54, 1.807) is 0 Å². The monoisotopic (exact) mass is 213 g/mol. The van der Waals surface area contributed by atoms with Crippen LogP contribution >= 0.6 is 0 Å². The van der Waals surface area contributed by atoms with Crippen molar-refractivity contribution in [3.63, 3.8) is 0 Å². The third-order valence-corrected chi connectivity index (χ3v) is 3.47. The molecule has 0 bridgehead atoms. The van der Waals surface area contributed by atoms with E-state index in [0.29, 0.717) is 18.0 Å². The summed E-state index contributed by atoms with van der Waals surface area (Å²) in [6, 6.07) is 1.27. The van der Waals surface area contributed by atoms with Gasteiger partial charge in [0.05, 0.1) is 0 Å². The first-order valence-electron chi connectivity index (χ1n) is 6.18. The fourth-order valence-corrected chi connectivity index (χ4v) is 2.48. The molecule has 90 valence electrons. The summed E-state index contributed by atoms with van der Waals surface area (Å²) < 4.78 is 0. The van der Waals surface area contributed by atoms with Crippen LogP contribution in [0.25, 0.3) is 0 Å². The molecule has 3 heteroatoms. The number of hydrogen-bond acceptors (Lipinski definition) is 3. The van der Waals surface area contributed by atoms with Gasteiger partial charge in [0.15, 0.2) is 0 Å². The predicted molar refractivity (Wildman–Crippen MR) is 66.2 cm³/mol. The average molecular weight is 213 g/mol. The van der Waals surface area contributed by atoms with E-state index >= 15 is 0 Å². The molecule has 1 heterocycles. The van der Waals surface area contributed by atoms with Gasteiger partial charge in [-0.3, -0.25) is 4.90 Å². The number of hydrogen-bond donors (Lipinski definition) is 1. The second-order valence-corrected chi connectivity index (χ2v) is 5.14. The summed E-state index contributed by atoms with van der Waals surface area (Å²) in [5.74, 6) is 0.698. The molecule has 2 atom stereocenters. The van der Waals surface area contributed by atoms with Crippen LogP contribution in [0.5, 0.6) is 0 Å². The highest BCUT2D eigenvalue weighted by molar-refractivity contribution is 4.90. The standard InChI is InChI=1S/C12H27N3/c1-6-13-12(10(2)3)11-9-14(4)7-8-15(11)5/h10-13H,6-9H2,1-5H3. The Morgan fingerprint density at radius 3 is 2.47 bits per heavy atom. The van der Waals surface area contributed by atoms with Crippen molar-refractivity contribution in [3.8, 4) is 0 Å². The Kier molecular flexibility index (Phi) is 5.03. The summed E-state index contributed by atoms with van der Waals surface area (Å²) >= 11 is 0. The fraction of sp³-hybridized carbons (Fsp3) is 1.00. The van der Waals surface area contributed by atoms with Crippen molar-refractivity contribution in [1.29, 1.82) is 0 Å². The minimum atomic E-state index is 0.614. The maximum Gasteiger partial charge on any atom is 0.0376 e. The molecule has 0 amide bonds. The van der Waals surface area contributed by atoms with Crippen LogP contribution in [0, 0.1) is 5.92 Å². The lowest BCUT2D eigenvalue weighted by atomic mass is 9.93. The van der Waals surface area contributed by atoms with Crippen molar-refractivity contribution in [2.24, 2.45) is 5.92 Å². The predicted octanol–water partition coefficient (Wildman–Crippen LogP) is 0.866. The topological polar surface area (TPSA) is 18.5 Å². The second-order valence-electron chi connectivity index (χ2n) is 5.14. The minimum absolute atomic E-state index is 0.614. The van der Waals surface area contributed by atoms with E-state index in [4.69, 9.17) is 0 Å². The Morgan fingerprint density at radius 1 is 1.27 bits per heavy atom. The Balaban J connectivity index is 2.62. The highest BCUT2D eigenvalue weighted by Gasteiger charge is 2.30. The average Bonchev–Trinajstić information content (AvgIpc) is 2.18. The van der Waals surface area contributed by atoms with Gasteiger partial charge in [-0.2, -0.15) is 0 Å². The Morgan fingerprint density at radius 2 is 1.93 bits per heavy atom. The summed E-state index contributed by atoms with van der Waals surface area (Å²) in [6.45, 7) is 11.5. The molecule has 1 N–H and O–H groups in total. The molecule has 0 saturated carbocycles. The molecule has 1 rings (SSSR count). The second kappa shape index (κ2) is 5.83. The molecule has 1 aliphatic heterocycles. The minimum Gasteiger partial charge on any atom is -0.312 e. The molecular weight excluding hydrogens is 186 g/mol. The smallest absolute Gasteiger partial charge is 0.0376 e. The number of nitrogens with one attached hydrogen (secondary N) is 1. The number of likely N-dealkylation sites (N-methyl/N-ethyl adjacent to an activating group) is 3. The van der Waals surface area contributed by atoms with Gasteiger partial charge in [0, 0.05) is 31.7 Å². The van der Waals surface area contributed by atoms with Crippen molar-refractivity contribution < 1.29 is 0 Å². The van der Waals surface area contributed by atoms with Crippen molar-refractivity contribution in [1.82, 2.24) is 15.1 Å². The zero-order valence-electron chi connectivity index (χ0n) is 11.0. The van der Waals surface area contributed by atoms with Gasteiger partial charge >= 0.3 is 0 Å².